The van der Waals surface area contributed by atoms with Gasteiger partial charge in [0.15, 0.2) is 0 Å². The standard InChI is InChI=1S/C17H30N2O4/c1-23-12-8-17(16(21)22)7-6-9-18(14-17)13-15(20)19-10-4-2-3-5-11-19/h2-14H2,1H3,(H,21,22)/t17-/m0/s1. The molecule has 132 valence electrons. The van der Waals surface area contributed by atoms with E-state index in [1.165, 1.54) is 12.8 Å². The van der Waals surface area contributed by atoms with Crippen molar-refractivity contribution in [2.24, 2.45) is 5.41 Å². The zero-order chi connectivity index (χ0) is 16.7. The van der Waals surface area contributed by atoms with Crippen molar-refractivity contribution in [1.82, 2.24) is 9.80 Å². The molecule has 2 saturated heterocycles. The molecule has 1 atom stereocenters. The molecule has 23 heavy (non-hydrogen) atoms. The number of piperidine rings is 1. The van der Waals surface area contributed by atoms with Crippen molar-refractivity contribution in [3.63, 3.8) is 0 Å². The van der Waals surface area contributed by atoms with Crippen molar-refractivity contribution < 1.29 is 19.4 Å². The van der Waals surface area contributed by atoms with E-state index in [1.54, 1.807) is 7.11 Å². The third-order valence-electron chi connectivity index (χ3n) is 5.21. The van der Waals surface area contributed by atoms with Crippen LogP contribution in [0.25, 0.3) is 0 Å². The van der Waals surface area contributed by atoms with Crippen LogP contribution >= 0.6 is 0 Å². The first-order chi connectivity index (χ1) is 11.1. The molecule has 2 rings (SSSR count). The largest absolute Gasteiger partial charge is 0.481 e. The van der Waals surface area contributed by atoms with Gasteiger partial charge < -0.3 is 14.7 Å². The number of carbonyl (C=O) groups excluding carboxylic acids is 1. The number of carboxylic acid groups (broad SMARTS) is 1. The van der Waals surface area contributed by atoms with Gasteiger partial charge >= 0.3 is 5.97 Å². The predicted octanol–water partition coefficient (Wildman–Crippen LogP) is 1.59. The van der Waals surface area contributed by atoms with Gasteiger partial charge in [-0.3, -0.25) is 14.5 Å². The number of hydrogen-bond donors (Lipinski definition) is 1. The first kappa shape index (κ1) is 18.2. The molecule has 2 heterocycles. The Morgan fingerprint density at radius 2 is 1.78 bits per heavy atom. The van der Waals surface area contributed by atoms with Crippen molar-refractivity contribution in [2.45, 2.75) is 44.9 Å². The number of ether oxygens (including phenoxy) is 1. The van der Waals surface area contributed by atoms with Gasteiger partial charge in [0, 0.05) is 33.4 Å². The van der Waals surface area contributed by atoms with Crippen molar-refractivity contribution in [3.05, 3.63) is 0 Å². The molecule has 1 amide bonds. The van der Waals surface area contributed by atoms with E-state index in [0.717, 1.165) is 38.9 Å². The van der Waals surface area contributed by atoms with Crippen LogP contribution in [0.2, 0.25) is 0 Å². The zero-order valence-electron chi connectivity index (χ0n) is 14.3. The molecule has 2 aliphatic rings. The van der Waals surface area contributed by atoms with Gasteiger partial charge in [0.25, 0.3) is 0 Å². The molecule has 2 aliphatic heterocycles. The Hall–Kier alpha value is -1.14. The van der Waals surface area contributed by atoms with E-state index in [9.17, 15) is 14.7 Å². The van der Waals surface area contributed by atoms with Crippen LogP contribution in [0.3, 0.4) is 0 Å². The van der Waals surface area contributed by atoms with Gasteiger partial charge in [-0.25, -0.2) is 0 Å². The van der Waals surface area contributed by atoms with Crippen molar-refractivity contribution in [3.8, 4) is 0 Å². The second-order valence-electron chi connectivity index (χ2n) is 6.94. The van der Waals surface area contributed by atoms with E-state index in [4.69, 9.17) is 4.74 Å². The summed E-state index contributed by atoms with van der Waals surface area (Å²) in [6.07, 6.45) is 6.56. The number of carboxylic acids is 1. The fourth-order valence-electron chi connectivity index (χ4n) is 3.76. The maximum absolute atomic E-state index is 12.5. The van der Waals surface area contributed by atoms with E-state index < -0.39 is 11.4 Å². The van der Waals surface area contributed by atoms with E-state index in [2.05, 4.69) is 0 Å². The number of amides is 1. The third kappa shape index (κ3) is 4.91. The van der Waals surface area contributed by atoms with E-state index in [1.807, 2.05) is 9.80 Å². The highest BCUT2D eigenvalue weighted by Gasteiger charge is 2.42. The summed E-state index contributed by atoms with van der Waals surface area (Å²) in [6.45, 7) is 3.75. The number of hydrogen-bond acceptors (Lipinski definition) is 4. The minimum Gasteiger partial charge on any atom is -0.481 e. The molecule has 0 aliphatic carbocycles. The summed E-state index contributed by atoms with van der Waals surface area (Å²) in [6, 6.07) is 0. The normalized spacial score (nSPS) is 26.7. The van der Waals surface area contributed by atoms with Crippen molar-refractivity contribution in [1.29, 1.82) is 0 Å². The Labute approximate surface area is 138 Å². The molecule has 0 aromatic carbocycles. The van der Waals surface area contributed by atoms with Gasteiger partial charge in [-0.05, 0) is 38.6 Å². The average Bonchev–Trinajstić information content (AvgIpc) is 2.82. The Morgan fingerprint density at radius 3 is 2.39 bits per heavy atom. The Kier molecular flexibility index (Phi) is 6.84. The van der Waals surface area contributed by atoms with Crippen LogP contribution in [0.1, 0.15) is 44.9 Å². The maximum atomic E-state index is 12.5. The van der Waals surface area contributed by atoms with Crippen LogP contribution in [-0.2, 0) is 14.3 Å². The number of methoxy groups -OCH3 is 1. The van der Waals surface area contributed by atoms with Crippen LogP contribution in [-0.4, -0.2) is 73.2 Å². The van der Waals surface area contributed by atoms with Crippen molar-refractivity contribution >= 4 is 11.9 Å². The van der Waals surface area contributed by atoms with Crippen LogP contribution in [0.15, 0.2) is 0 Å². The van der Waals surface area contributed by atoms with E-state index in [0.29, 0.717) is 32.5 Å². The second-order valence-corrected chi connectivity index (χ2v) is 6.94. The summed E-state index contributed by atoms with van der Waals surface area (Å²) in [7, 11) is 1.60. The number of likely N-dealkylation sites (tertiary alicyclic amines) is 2. The quantitative estimate of drug-likeness (QED) is 0.803. The SMILES string of the molecule is COCC[C@@]1(C(=O)O)CCCN(CC(=O)N2CCCCCC2)C1. The number of carbonyl (C=O) groups is 2. The molecular formula is C17H30N2O4. The second kappa shape index (κ2) is 8.64. The summed E-state index contributed by atoms with van der Waals surface area (Å²) in [5, 5.41) is 9.68. The number of nitrogens with zero attached hydrogens (tertiary/aromatic N) is 2. The molecule has 1 N–H and O–H groups in total. The molecule has 6 nitrogen and oxygen atoms in total. The zero-order valence-corrected chi connectivity index (χ0v) is 14.3. The lowest BCUT2D eigenvalue weighted by molar-refractivity contribution is -0.155. The summed E-state index contributed by atoms with van der Waals surface area (Å²) in [5.74, 6) is -0.610. The minimum atomic E-state index is -0.771. The molecule has 0 aromatic rings. The lowest BCUT2D eigenvalue weighted by Crippen LogP contribution is -2.51. The summed E-state index contributed by atoms with van der Waals surface area (Å²) in [5.41, 5.74) is -0.771. The summed E-state index contributed by atoms with van der Waals surface area (Å²) < 4.78 is 5.09. The average molecular weight is 326 g/mol. The Bertz CT molecular complexity index is 407. The monoisotopic (exact) mass is 326 g/mol. The fraction of sp³-hybridized carbons (Fsp3) is 0.882. The Balaban J connectivity index is 1.93. The van der Waals surface area contributed by atoms with Crippen LogP contribution in [0.4, 0.5) is 0 Å². The molecule has 0 aromatic heterocycles. The van der Waals surface area contributed by atoms with Crippen LogP contribution in [0.5, 0.6) is 0 Å². The van der Waals surface area contributed by atoms with Crippen molar-refractivity contribution in [2.75, 3.05) is 46.4 Å². The van der Waals surface area contributed by atoms with Gasteiger partial charge in [0.1, 0.15) is 0 Å². The van der Waals surface area contributed by atoms with Gasteiger partial charge in [0.05, 0.1) is 12.0 Å². The minimum absolute atomic E-state index is 0.153. The highest BCUT2D eigenvalue weighted by Crippen LogP contribution is 2.34. The van der Waals surface area contributed by atoms with Crippen LogP contribution < -0.4 is 0 Å². The molecule has 0 radical (unpaired) electrons. The smallest absolute Gasteiger partial charge is 0.311 e. The first-order valence-corrected chi connectivity index (χ1v) is 8.80. The number of rotatable bonds is 6. The first-order valence-electron chi connectivity index (χ1n) is 8.80. The molecule has 2 fully saturated rings. The van der Waals surface area contributed by atoms with Crippen LogP contribution in [0, 0.1) is 5.41 Å². The van der Waals surface area contributed by atoms with Gasteiger partial charge in [-0.15, -0.1) is 0 Å². The molecule has 0 unspecified atom stereocenters. The highest BCUT2D eigenvalue weighted by molar-refractivity contribution is 5.79. The number of aliphatic carboxylic acids is 1. The van der Waals surface area contributed by atoms with E-state index in [-0.39, 0.29) is 5.91 Å². The van der Waals surface area contributed by atoms with E-state index >= 15 is 0 Å². The molecule has 0 spiro atoms. The van der Waals surface area contributed by atoms with Gasteiger partial charge in [-0.2, -0.15) is 0 Å². The Morgan fingerprint density at radius 1 is 1.09 bits per heavy atom. The molecular weight excluding hydrogens is 296 g/mol. The predicted molar refractivity (Wildman–Crippen MR) is 87.3 cm³/mol. The molecule has 0 bridgehead atoms. The topological polar surface area (TPSA) is 70.1 Å². The van der Waals surface area contributed by atoms with Gasteiger partial charge in [0.2, 0.25) is 5.91 Å². The molecule has 6 heteroatoms. The third-order valence-corrected chi connectivity index (χ3v) is 5.21. The maximum Gasteiger partial charge on any atom is 0.311 e. The van der Waals surface area contributed by atoms with Gasteiger partial charge in [-0.1, -0.05) is 12.8 Å². The molecule has 0 saturated carbocycles. The lowest BCUT2D eigenvalue weighted by Gasteiger charge is -2.40. The summed E-state index contributed by atoms with van der Waals surface area (Å²) in [4.78, 5) is 28.3. The lowest BCUT2D eigenvalue weighted by atomic mass is 9.77. The summed E-state index contributed by atoms with van der Waals surface area (Å²) >= 11 is 0. The fourth-order valence-corrected chi connectivity index (χ4v) is 3.76. The highest BCUT2D eigenvalue weighted by atomic mass is 16.5.